The van der Waals surface area contributed by atoms with Gasteiger partial charge in [-0.1, -0.05) is 37.3 Å². The Morgan fingerprint density at radius 2 is 2.08 bits per heavy atom. The van der Waals surface area contributed by atoms with Crippen LogP contribution in [0.15, 0.2) is 35.3 Å². The fourth-order valence-corrected chi connectivity index (χ4v) is 5.38. The molecule has 2 aliphatic rings. The fourth-order valence-electron chi connectivity index (χ4n) is 4.13. The predicted molar refractivity (Wildman–Crippen MR) is 112 cm³/mol. The lowest BCUT2D eigenvalue weighted by Crippen LogP contribution is -2.49. The van der Waals surface area contributed by atoms with Gasteiger partial charge in [0, 0.05) is 44.6 Å². The van der Waals surface area contributed by atoms with Gasteiger partial charge in [0.2, 0.25) is 0 Å². The number of guanidine groups is 1. The smallest absolute Gasteiger partial charge is 0.193 e. The minimum absolute atomic E-state index is 0.298. The van der Waals surface area contributed by atoms with Crippen molar-refractivity contribution in [1.82, 2.24) is 10.2 Å². The molecule has 5 heteroatoms. The van der Waals surface area contributed by atoms with Crippen LogP contribution >= 0.6 is 11.8 Å². The number of nitrogens with one attached hydrogen (secondary N) is 1. The SMILES string of the molecule is CCSC1(CNC(=NC)N2CCC(Cc3ccccc3)C2)CCOCC1. The van der Waals surface area contributed by atoms with Gasteiger partial charge in [-0.2, -0.15) is 11.8 Å². The van der Waals surface area contributed by atoms with Gasteiger partial charge in [-0.3, -0.25) is 4.99 Å². The highest BCUT2D eigenvalue weighted by Crippen LogP contribution is 2.35. The van der Waals surface area contributed by atoms with Crippen LogP contribution < -0.4 is 5.32 Å². The number of rotatable bonds is 6. The van der Waals surface area contributed by atoms with Crippen LogP contribution in [0.1, 0.15) is 31.7 Å². The normalized spacial score (nSPS) is 23.2. The molecule has 0 aliphatic carbocycles. The quantitative estimate of drug-likeness (QED) is 0.610. The van der Waals surface area contributed by atoms with E-state index in [-0.39, 0.29) is 0 Å². The number of aliphatic imine (C=N–C) groups is 1. The van der Waals surface area contributed by atoms with E-state index in [0.717, 1.165) is 63.3 Å². The van der Waals surface area contributed by atoms with Crippen molar-refractivity contribution in [3.8, 4) is 0 Å². The molecule has 0 aromatic heterocycles. The number of likely N-dealkylation sites (tertiary alicyclic amines) is 1. The molecule has 0 radical (unpaired) electrons. The molecular formula is C21H33N3OS. The molecule has 144 valence electrons. The summed E-state index contributed by atoms with van der Waals surface area (Å²) >= 11 is 2.08. The first kappa shape index (κ1) is 19.6. The lowest BCUT2D eigenvalue weighted by Gasteiger charge is -2.37. The van der Waals surface area contributed by atoms with Gasteiger partial charge >= 0.3 is 0 Å². The summed E-state index contributed by atoms with van der Waals surface area (Å²) in [5, 5.41) is 3.69. The highest BCUT2D eigenvalue weighted by molar-refractivity contribution is 8.00. The van der Waals surface area contributed by atoms with Crippen LogP contribution in [0.5, 0.6) is 0 Å². The van der Waals surface area contributed by atoms with Gasteiger partial charge in [0.25, 0.3) is 0 Å². The van der Waals surface area contributed by atoms with Crippen LogP contribution in [0.2, 0.25) is 0 Å². The monoisotopic (exact) mass is 375 g/mol. The Kier molecular flexibility index (Phi) is 7.26. The maximum Gasteiger partial charge on any atom is 0.193 e. The maximum absolute atomic E-state index is 5.59. The van der Waals surface area contributed by atoms with Crippen LogP contribution in [0.4, 0.5) is 0 Å². The summed E-state index contributed by atoms with van der Waals surface area (Å²) in [5.74, 6) is 2.95. The Labute approximate surface area is 162 Å². The van der Waals surface area contributed by atoms with Crippen molar-refractivity contribution in [2.45, 2.75) is 37.4 Å². The Bertz CT molecular complexity index is 566. The zero-order chi connectivity index (χ0) is 18.2. The summed E-state index contributed by atoms with van der Waals surface area (Å²) in [5.41, 5.74) is 1.45. The number of hydrogen-bond acceptors (Lipinski definition) is 3. The Morgan fingerprint density at radius 1 is 1.31 bits per heavy atom. The van der Waals surface area contributed by atoms with Crippen LogP contribution in [0, 0.1) is 5.92 Å². The molecular weight excluding hydrogens is 342 g/mol. The minimum atomic E-state index is 0.298. The molecule has 1 atom stereocenters. The second-order valence-electron chi connectivity index (χ2n) is 7.42. The van der Waals surface area contributed by atoms with E-state index in [2.05, 4.69) is 64.2 Å². The molecule has 0 bridgehead atoms. The van der Waals surface area contributed by atoms with Gasteiger partial charge in [0.05, 0.1) is 0 Å². The molecule has 0 saturated carbocycles. The summed E-state index contributed by atoms with van der Waals surface area (Å²) < 4.78 is 5.89. The molecule has 2 heterocycles. The molecule has 2 fully saturated rings. The topological polar surface area (TPSA) is 36.9 Å². The summed E-state index contributed by atoms with van der Waals surface area (Å²) in [4.78, 5) is 7.02. The molecule has 26 heavy (non-hydrogen) atoms. The van der Waals surface area contributed by atoms with Crippen molar-refractivity contribution in [3.05, 3.63) is 35.9 Å². The van der Waals surface area contributed by atoms with Crippen LogP contribution in [0.3, 0.4) is 0 Å². The molecule has 1 unspecified atom stereocenters. The van der Waals surface area contributed by atoms with Gasteiger partial charge in [0.15, 0.2) is 5.96 Å². The summed E-state index contributed by atoms with van der Waals surface area (Å²) in [6.45, 7) is 7.22. The van der Waals surface area contributed by atoms with Gasteiger partial charge in [0.1, 0.15) is 0 Å². The first-order chi connectivity index (χ1) is 12.7. The van der Waals surface area contributed by atoms with Crippen molar-refractivity contribution in [2.24, 2.45) is 10.9 Å². The van der Waals surface area contributed by atoms with Crippen molar-refractivity contribution in [3.63, 3.8) is 0 Å². The van der Waals surface area contributed by atoms with Crippen molar-refractivity contribution >= 4 is 17.7 Å². The highest BCUT2D eigenvalue weighted by atomic mass is 32.2. The molecule has 0 amide bonds. The van der Waals surface area contributed by atoms with Gasteiger partial charge in [-0.05, 0) is 42.9 Å². The third-order valence-corrected chi connectivity index (χ3v) is 7.04. The fraction of sp³-hybridized carbons (Fsp3) is 0.667. The average molecular weight is 376 g/mol. The zero-order valence-electron chi connectivity index (χ0n) is 16.2. The van der Waals surface area contributed by atoms with E-state index in [0.29, 0.717) is 4.75 Å². The van der Waals surface area contributed by atoms with E-state index in [4.69, 9.17) is 4.74 Å². The molecule has 1 N–H and O–H groups in total. The number of hydrogen-bond donors (Lipinski definition) is 1. The standard InChI is InChI=1S/C21H33N3OS/c1-3-26-21(10-13-25-14-11-21)17-23-20(22-2)24-12-9-19(16-24)15-18-7-5-4-6-8-18/h4-8,19H,3,9-17H2,1-2H3,(H,22,23). The zero-order valence-corrected chi connectivity index (χ0v) is 17.1. The molecule has 1 aromatic rings. The Hall–Kier alpha value is -1.20. The van der Waals surface area contributed by atoms with Gasteiger partial charge < -0.3 is 15.0 Å². The maximum atomic E-state index is 5.59. The predicted octanol–water partition coefficient (Wildman–Crippen LogP) is 3.43. The molecule has 4 nitrogen and oxygen atoms in total. The van der Waals surface area contributed by atoms with E-state index in [9.17, 15) is 0 Å². The van der Waals surface area contributed by atoms with E-state index in [1.54, 1.807) is 0 Å². The van der Waals surface area contributed by atoms with Crippen molar-refractivity contribution in [2.75, 3.05) is 45.6 Å². The lowest BCUT2D eigenvalue weighted by atomic mass is 9.99. The number of ether oxygens (including phenoxy) is 1. The van der Waals surface area contributed by atoms with Crippen molar-refractivity contribution in [1.29, 1.82) is 0 Å². The molecule has 2 saturated heterocycles. The Balaban J connectivity index is 1.52. The molecule has 1 aromatic carbocycles. The minimum Gasteiger partial charge on any atom is -0.381 e. The molecule has 2 aliphatic heterocycles. The second-order valence-corrected chi connectivity index (χ2v) is 9.15. The summed E-state index contributed by atoms with van der Waals surface area (Å²) in [6, 6.07) is 10.9. The van der Waals surface area contributed by atoms with Gasteiger partial charge in [-0.25, -0.2) is 0 Å². The van der Waals surface area contributed by atoms with E-state index in [1.165, 1.54) is 18.4 Å². The second kappa shape index (κ2) is 9.65. The van der Waals surface area contributed by atoms with Crippen molar-refractivity contribution < 1.29 is 4.74 Å². The largest absolute Gasteiger partial charge is 0.381 e. The lowest BCUT2D eigenvalue weighted by molar-refractivity contribution is 0.0780. The van der Waals surface area contributed by atoms with Crippen LogP contribution in [0.25, 0.3) is 0 Å². The number of thioether (sulfide) groups is 1. The first-order valence-electron chi connectivity index (χ1n) is 9.96. The third kappa shape index (κ3) is 5.17. The van der Waals surface area contributed by atoms with Crippen LogP contribution in [-0.2, 0) is 11.2 Å². The summed E-state index contributed by atoms with van der Waals surface area (Å²) in [6.07, 6.45) is 4.68. The van der Waals surface area contributed by atoms with E-state index >= 15 is 0 Å². The number of benzene rings is 1. The van der Waals surface area contributed by atoms with E-state index in [1.807, 2.05) is 7.05 Å². The molecule has 0 spiro atoms. The average Bonchev–Trinajstić information content (AvgIpc) is 3.12. The van der Waals surface area contributed by atoms with E-state index < -0.39 is 0 Å². The summed E-state index contributed by atoms with van der Waals surface area (Å²) in [7, 11) is 1.91. The first-order valence-corrected chi connectivity index (χ1v) is 10.9. The Morgan fingerprint density at radius 3 is 2.77 bits per heavy atom. The van der Waals surface area contributed by atoms with Crippen LogP contribution in [-0.4, -0.2) is 61.3 Å². The third-order valence-electron chi connectivity index (χ3n) is 5.59. The number of nitrogens with zero attached hydrogens (tertiary/aromatic N) is 2. The molecule has 3 rings (SSSR count). The van der Waals surface area contributed by atoms with Gasteiger partial charge in [-0.15, -0.1) is 0 Å². The highest BCUT2D eigenvalue weighted by Gasteiger charge is 2.33.